The summed E-state index contributed by atoms with van der Waals surface area (Å²) in [5.74, 6) is -0.368. The van der Waals surface area contributed by atoms with Crippen molar-refractivity contribution in [2.24, 2.45) is 0 Å². The van der Waals surface area contributed by atoms with E-state index in [0.29, 0.717) is 17.5 Å². The van der Waals surface area contributed by atoms with E-state index < -0.39 is 5.97 Å². The Balaban J connectivity index is 2.14. The van der Waals surface area contributed by atoms with E-state index in [4.69, 9.17) is 5.11 Å². The summed E-state index contributed by atoms with van der Waals surface area (Å²) in [6.07, 6.45) is 2.94. The molecule has 0 amide bonds. The van der Waals surface area contributed by atoms with Gasteiger partial charge in [-0.1, -0.05) is 16.9 Å². The molecule has 0 fully saturated rings. The number of carboxylic acid groups (broad SMARTS) is 1. The number of carbonyl (C=O) groups is 1. The maximum absolute atomic E-state index is 10.5. The zero-order chi connectivity index (χ0) is 12.3. The Morgan fingerprint density at radius 2 is 2.41 bits per heavy atom. The lowest BCUT2D eigenvalue weighted by atomic mass is 10.5. The Bertz CT molecular complexity index is 508. The summed E-state index contributed by atoms with van der Waals surface area (Å²) in [4.78, 5) is 18.6. The average molecular weight is 254 g/mol. The van der Waals surface area contributed by atoms with Gasteiger partial charge in [-0.15, -0.1) is 0 Å². The van der Waals surface area contributed by atoms with Crippen molar-refractivity contribution in [3.05, 3.63) is 24.1 Å². The number of aryl methyl sites for hydroxylation is 1. The predicted octanol–water partition coefficient (Wildman–Crippen LogP) is 0.800. The Labute approximate surface area is 101 Å². The number of carboxylic acids is 1. The molecule has 2 heterocycles. The maximum atomic E-state index is 10.5. The molecule has 0 unspecified atom stereocenters. The topological polar surface area (TPSA) is 94.0 Å². The highest BCUT2D eigenvalue weighted by atomic mass is 32.2. The normalized spacial score (nSPS) is 10.6. The van der Waals surface area contributed by atoms with Crippen LogP contribution in [0.5, 0.6) is 0 Å². The largest absolute Gasteiger partial charge is 0.481 e. The monoisotopic (exact) mass is 254 g/mol. The molecule has 17 heavy (non-hydrogen) atoms. The fourth-order valence-corrected chi connectivity index (χ4v) is 2.02. The lowest BCUT2D eigenvalue weighted by Gasteiger charge is -2.05. The first-order valence-corrected chi connectivity index (χ1v) is 5.77. The Hall–Kier alpha value is -1.83. The van der Waals surface area contributed by atoms with E-state index >= 15 is 0 Å². The third-order valence-electron chi connectivity index (χ3n) is 2.05. The van der Waals surface area contributed by atoms with Crippen LogP contribution in [0.15, 0.2) is 22.3 Å². The van der Waals surface area contributed by atoms with Crippen LogP contribution < -0.4 is 0 Å². The van der Waals surface area contributed by atoms with Gasteiger partial charge in [0.25, 0.3) is 0 Å². The molecule has 0 atom stereocenters. The molecule has 7 nitrogen and oxygen atoms in total. The molecular formula is C9H10N4O3S. The van der Waals surface area contributed by atoms with E-state index in [2.05, 4.69) is 19.6 Å². The van der Waals surface area contributed by atoms with Crippen molar-refractivity contribution in [3.63, 3.8) is 0 Å². The van der Waals surface area contributed by atoms with E-state index in [9.17, 15) is 4.79 Å². The number of hydrogen-bond donors (Lipinski definition) is 1. The van der Waals surface area contributed by atoms with Gasteiger partial charge in [-0.25, -0.2) is 4.98 Å². The van der Waals surface area contributed by atoms with Crippen LogP contribution in [-0.2, 0) is 11.3 Å². The number of nitrogens with zero attached hydrogens (tertiary/aromatic N) is 4. The van der Waals surface area contributed by atoms with Crippen LogP contribution in [-0.4, -0.2) is 36.5 Å². The van der Waals surface area contributed by atoms with Gasteiger partial charge in [-0.05, 0) is 6.92 Å². The molecule has 0 spiro atoms. The highest BCUT2D eigenvalue weighted by Crippen LogP contribution is 2.18. The summed E-state index contributed by atoms with van der Waals surface area (Å²) in [5, 5.41) is 13.0. The van der Waals surface area contributed by atoms with Crippen molar-refractivity contribution >= 4 is 17.7 Å². The van der Waals surface area contributed by atoms with Crippen LogP contribution in [0.25, 0.3) is 0 Å². The standard InChI is InChI=1S/C9H10N4O3S/c1-6-2-10-9(17-4-8(14)15)13(6)3-7-11-5-16-12-7/h2,5H,3-4H2,1H3,(H,14,15). The molecule has 0 bridgehead atoms. The third-order valence-corrected chi connectivity index (χ3v) is 3.02. The first kappa shape index (κ1) is 11.6. The highest BCUT2D eigenvalue weighted by molar-refractivity contribution is 7.99. The van der Waals surface area contributed by atoms with Gasteiger partial charge in [0.1, 0.15) is 0 Å². The molecule has 90 valence electrons. The third kappa shape index (κ3) is 2.84. The SMILES string of the molecule is Cc1cnc(SCC(=O)O)n1Cc1ncon1. The van der Waals surface area contributed by atoms with Gasteiger partial charge in [0, 0.05) is 11.9 Å². The average Bonchev–Trinajstić information content (AvgIpc) is 2.89. The van der Waals surface area contributed by atoms with Gasteiger partial charge < -0.3 is 14.2 Å². The lowest BCUT2D eigenvalue weighted by molar-refractivity contribution is -0.133. The number of imidazole rings is 1. The molecule has 2 rings (SSSR count). The lowest BCUT2D eigenvalue weighted by Crippen LogP contribution is -2.06. The van der Waals surface area contributed by atoms with Crippen molar-refractivity contribution in [3.8, 4) is 0 Å². The Morgan fingerprint density at radius 1 is 1.59 bits per heavy atom. The van der Waals surface area contributed by atoms with Crippen LogP contribution in [0.3, 0.4) is 0 Å². The van der Waals surface area contributed by atoms with Gasteiger partial charge in [-0.2, -0.15) is 4.98 Å². The van der Waals surface area contributed by atoms with Crippen molar-refractivity contribution < 1.29 is 14.4 Å². The van der Waals surface area contributed by atoms with Gasteiger partial charge >= 0.3 is 5.97 Å². The van der Waals surface area contributed by atoms with Gasteiger partial charge in [0.2, 0.25) is 6.39 Å². The number of thioether (sulfide) groups is 1. The highest BCUT2D eigenvalue weighted by Gasteiger charge is 2.11. The maximum Gasteiger partial charge on any atom is 0.313 e. The Morgan fingerprint density at radius 3 is 3.06 bits per heavy atom. The van der Waals surface area contributed by atoms with E-state index in [1.165, 1.54) is 6.39 Å². The number of hydrogen-bond acceptors (Lipinski definition) is 6. The molecule has 2 aromatic heterocycles. The molecule has 0 aliphatic carbocycles. The molecular weight excluding hydrogens is 244 g/mol. The van der Waals surface area contributed by atoms with Gasteiger partial charge in [0.05, 0.1) is 12.3 Å². The van der Waals surface area contributed by atoms with Crippen molar-refractivity contribution in [2.45, 2.75) is 18.6 Å². The van der Waals surface area contributed by atoms with Gasteiger partial charge in [-0.3, -0.25) is 4.79 Å². The summed E-state index contributed by atoms with van der Waals surface area (Å²) >= 11 is 1.16. The second-order valence-corrected chi connectivity index (χ2v) is 4.24. The minimum atomic E-state index is -0.873. The number of rotatable bonds is 5. The fourth-order valence-electron chi connectivity index (χ4n) is 1.28. The minimum Gasteiger partial charge on any atom is -0.481 e. The smallest absolute Gasteiger partial charge is 0.313 e. The molecule has 0 aromatic carbocycles. The van der Waals surface area contributed by atoms with Crippen LogP contribution >= 0.6 is 11.8 Å². The van der Waals surface area contributed by atoms with E-state index in [0.717, 1.165) is 17.5 Å². The van der Waals surface area contributed by atoms with E-state index in [-0.39, 0.29) is 5.75 Å². The summed E-state index contributed by atoms with van der Waals surface area (Å²) in [6, 6.07) is 0. The summed E-state index contributed by atoms with van der Waals surface area (Å²) in [7, 11) is 0. The molecule has 0 saturated carbocycles. The second-order valence-electron chi connectivity index (χ2n) is 3.30. The number of aromatic nitrogens is 4. The van der Waals surface area contributed by atoms with Crippen molar-refractivity contribution in [1.29, 1.82) is 0 Å². The van der Waals surface area contributed by atoms with Crippen molar-refractivity contribution in [1.82, 2.24) is 19.7 Å². The minimum absolute atomic E-state index is 0.0251. The summed E-state index contributed by atoms with van der Waals surface area (Å²) in [6.45, 7) is 2.31. The van der Waals surface area contributed by atoms with Crippen LogP contribution in [0, 0.1) is 6.92 Å². The molecule has 8 heteroatoms. The van der Waals surface area contributed by atoms with Crippen molar-refractivity contribution in [2.75, 3.05) is 5.75 Å². The predicted molar refractivity (Wildman–Crippen MR) is 58.7 cm³/mol. The zero-order valence-corrected chi connectivity index (χ0v) is 9.85. The van der Waals surface area contributed by atoms with Gasteiger partial charge in [0.15, 0.2) is 11.0 Å². The molecule has 0 radical (unpaired) electrons. The number of aliphatic carboxylic acids is 1. The first-order valence-electron chi connectivity index (χ1n) is 4.79. The summed E-state index contributed by atoms with van der Waals surface area (Å²) < 4.78 is 6.49. The van der Waals surface area contributed by atoms with E-state index in [1.807, 2.05) is 11.5 Å². The molecule has 0 aliphatic rings. The first-order chi connectivity index (χ1) is 8.16. The molecule has 0 aliphatic heterocycles. The van der Waals surface area contributed by atoms with Crippen LogP contribution in [0.4, 0.5) is 0 Å². The second kappa shape index (κ2) is 5.00. The zero-order valence-electron chi connectivity index (χ0n) is 9.03. The quantitative estimate of drug-likeness (QED) is 0.788. The van der Waals surface area contributed by atoms with Crippen LogP contribution in [0.1, 0.15) is 11.5 Å². The summed E-state index contributed by atoms with van der Waals surface area (Å²) in [5.41, 5.74) is 0.919. The fraction of sp³-hybridized carbons (Fsp3) is 0.333. The molecule has 0 saturated heterocycles. The van der Waals surface area contributed by atoms with Crippen LogP contribution in [0.2, 0.25) is 0 Å². The van der Waals surface area contributed by atoms with E-state index in [1.54, 1.807) is 6.20 Å². The molecule has 2 aromatic rings. The molecule has 1 N–H and O–H groups in total. The Kier molecular flexibility index (Phi) is 3.43.